The van der Waals surface area contributed by atoms with Crippen molar-refractivity contribution >= 4 is 20.2 Å². The van der Waals surface area contributed by atoms with Gasteiger partial charge in [0.05, 0.1) is 9.79 Å². The summed E-state index contributed by atoms with van der Waals surface area (Å²) in [6.07, 6.45) is 6.18. The monoisotopic (exact) mass is 610 g/mol. The molecule has 3 atom stereocenters. The van der Waals surface area contributed by atoms with E-state index in [1.807, 2.05) is 0 Å². The van der Waals surface area contributed by atoms with E-state index in [0.717, 1.165) is 49.7 Å². The highest BCUT2D eigenvalue weighted by Gasteiger charge is 2.17. The zero-order valence-corrected chi connectivity index (χ0v) is 20.6. The summed E-state index contributed by atoms with van der Waals surface area (Å²) < 4.78 is 63.2. The van der Waals surface area contributed by atoms with Gasteiger partial charge in [0.25, 0.3) is 20.2 Å². The Bertz CT molecular complexity index is 1060. The third kappa shape index (κ3) is 16.5. The second kappa shape index (κ2) is 23.9. The Morgan fingerprint density at radius 2 is 0.975 bits per heavy atom. The van der Waals surface area contributed by atoms with Crippen LogP contribution in [0.5, 0.6) is 0 Å². The molecule has 40 heavy (non-hydrogen) atoms. The fourth-order valence-electron chi connectivity index (χ4n) is 4.26. The molecule has 8 heteroatoms. The summed E-state index contributed by atoms with van der Waals surface area (Å²) in [5.41, 5.74) is 2.14. The van der Waals surface area contributed by atoms with Crippen molar-refractivity contribution < 1.29 is 25.9 Å². The van der Waals surface area contributed by atoms with E-state index in [1.165, 1.54) is 24.3 Å². The molecule has 2 aromatic carbocycles. The minimum Gasteiger partial charge on any atom is -0.282 e. The van der Waals surface area contributed by atoms with Crippen LogP contribution in [-0.2, 0) is 20.2 Å². The van der Waals surface area contributed by atoms with Gasteiger partial charge in [0.2, 0.25) is 0 Å². The van der Waals surface area contributed by atoms with Crippen LogP contribution in [0.15, 0.2) is 58.3 Å². The normalized spacial score (nSPS) is 12.2. The van der Waals surface area contributed by atoms with Gasteiger partial charge >= 0.3 is 0 Å². The molecule has 2 rings (SSSR count). The molecule has 0 saturated carbocycles. The third-order valence-electron chi connectivity index (χ3n) is 6.32. The molecule has 2 aromatic rings. The van der Waals surface area contributed by atoms with Crippen molar-refractivity contribution in [3.63, 3.8) is 0 Å². The molecule has 242 valence electrons. The highest BCUT2D eigenvalue weighted by Crippen LogP contribution is 2.32. The van der Waals surface area contributed by atoms with Gasteiger partial charge in [-0.1, -0.05) is 124 Å². The smallest absolute Gasteiger partial charge is 0.282 e. The Kier molecular flexibility index (Phi) is 32.5. The minimum atomic E-state index is -4.17. The zero-order chi connectivity index (χ0) is 23.9. The molecule has 0 aliphatic carbocycles. The Labute approximate surface area is 251 Å². The number of hydrogen-bond donors (Lipinski definition) is 2. The fourth-order valence-corrected chi connectivity index (χ4v) is 5.22. The summed E-state index contributed by atoms with van der Waals surface area (Å²) >= 11 is 0. The molecule has 3 unspecified atom stereocenters. The molecular formula is C32H66O6S2. The predicted octanol–water partition coefficient (Wildman–Crippen LogP) is 11.2. The second-order valence-electron chi connectivity index (χ2n) is 8.54. The van der Waals surface area contributed by atoms with E-state index >= 15 is 0 Å². The highest BCUT2D eigenvalue weighted by molar-refractivity contribution is 7.86. The van der Waals surface area contributed by atoms with Crippen LogP contribution in [-0.4, -0.2) is 25.9 Å². The van der Waals surface area contributed by atoms with Crippen LogP contribution < -0.4 is 0 Å². The van der Waals surface area contributed by atoms with Gasteiger partial charge in [-0.2, -0.15) is 16.8 Å². The quantitative estimate of drug-likeness (QED) is 0.231. The summed E-state index contributed by atoms with van der Waals surface area (Å²) in [7, 11) is -8.34. The van der Waals surface area contributed by atoms with E-state index in [2.05, 4.69) is 20.8 Å². The van der Waals surface area contributed by atoms with Crippen LogP contribution >= 0.6 is 0 Å². The number of rotatable bonds is 12. The Morgan fingerprint density at radius 3 is 1.30 bits per heavy atom. The van der Waals surface area contributed by atoms with Gasteiger partial charge in [-0.25, -0.2) is 0 Å². The number of benzene rings is 2. The molecule has 0 radical (unpaired) electrons. The van der Waals surface area contributed by atoms with Crippen molar-refractivity contribution in [1.29, 1.82) is 0 Å². The Morgan fingerprint density at radius 1 is 0.600 bits per heavy atom. The van der Waals surface area contributed by atoms with Gasteiger partial charge in [0, 0.05) is 0 Å². The average Bonchev–Trinajstić information content (AvgIpc) is 2.74. The predicted molar refractivity (Wildman–Crippen MR) is 180 cm³/mol. The first-order valence-electron chi connectivity index (χ1n) is 11.1. The maximum atomic E-state index is 11.2. The minimum absolute atomic E-state index is 0. The van der Waals surface area contributed by atoms with Crippen molar-refractivity contribution in [3.05, 3.63) is 59.7 Å². The van der Waals surface area contributed by atoms with Crippen LogP contribution in [0, 0.1) is 5.92 Å². The summed E-state index contributed by atoms with van der Waals surface area (Å²) in [4.78, 5) is -0.170. The average molecular weight is 611 g/mol. The van der Waals surface area contributed by atoms with Crippen molar-refractivity contribution in [1.82, 2.24) is 0 Å². The first-order valence-corrected chi connectivity index (χ1v) is 14.0. The van der Waals surface area contributed by atoms with Crippen LogP contribution in [0.3, 0.4) is 0 Å². The maximum absolute atomic E-state index is 11.2. The molecule has 0 fully saturated rings. The van der Waals surface area contributed by atoms with Crippen molar-refractivity contribution in [3.8, 4) is 0 Å². The van der Waals surface area contributed by atoms with Crippen molar-refractivity contribution in [2.75, 3.05) is 0 Å². The lowest BCUT2D eigenvalue weighted by Gasteiger charge is -2.22. The Hall–Kier alpha value is -1.74. The van der Waals surface area contributed by atoms with Crippen molar-refractivity contribution in [2.24, 2.45) is 5.92 Å². The summed E-state index contributed by atoms with van der Waals surface area (Å²) in [5.74, 6) is 1.17. The van der Waals surface area contributed by atoms with E-state index in [9.17, 15) is 16.8 Å². The lowest BCUT2D eigenvalue weighted by Crippen LogP contribution is -2.07. The van der Waals surface area contributed by atoms with E-state index in [0.29, 0.717) is 11.8 Å². The second-order valence-corrected chi connectivity index (χ2v) is 11.4. The molecule has 0 aliphatic heterocycles. The van der Waals surface area contributed by atoms with Crippen LogP contribution in [0.25, 0.3) is 0 Å². The maximum Gasteiger partial charge on any atom is 0.294 e. The topological polar surface area (TPSA) is 109 Å². The first kappa shape index (κ1) is 54.4. The van der Waals surface area contributed by atoms with Crippen molar-refractivity contribution in [2.45, 2.75) is 140 Å². The summed E-state index contributed by atoms with van der Waals surface area (Å²) in [6.45, 7) is 6.44. The standard InChI is InChI=1S/C24H34O6S2.8CH4/c1-4-19(17-18(3)21-9-13-23(14-10-21)31(25,26)27)7-6-8-20(5-2)22-11-15-24(16-12-22)32(28,29)30;;;;;;;;/h9-16,18-20H,4-8,17H2,1-3H3,(H,25,26,27)(H,28,29,30);8*1H4. The molecule has 0 heterocycles. The SMILES string of the molecule is C.C.C.C.C.C.C.C.CCC(CCCC(CC)c1ccc(S(=O)(=O)O)cc1)CC(C)c1ccc(S(=O)(=O)O)cc1. The largest absolute Gasteiger partial charge is 0.294 e. The van der Waals surface area contributed by atoms with Gasteiger partial charge in [0.1, 0.15) is 0 Å². The van der Waals surface area contributed by atoms with Gasteiger partial charge in [-0.15, -0.1) is 0 Å². The van der Waals surface area contributed by atoms with E-state index in [-0.39, 0.29) is 75.1 Å². The van der Waals surface area contributed by atoms with E-state index in [4.69, 9.17) is 9.11 Å². The first-order chi connectivity index (χ1) is 15.0. The van der Waals surface area contributed by atoms with E-state index < -0.39 is 20.2 Å². The number of hydrogen-bond acceptors (Lipinski definition) is 4. The highest BCUT2D eigenvalue weighted by atomic mass is 32.2. The lowest BCUT2D eigenvalue weighted by molar-refractivity contribution is 0.382. The molecule has 0 aliphatic rings. The zero-order valence-electron chi connectivity index (χ0n) is 18.9. The molecule has 0 aromatic heterocycles. The van der Waals surface area contributed by atoms with Gasteiger partial charge in [0.15, 0.2) is 0 Å². The van der Waals surface area contributed by atoms with Gasteiger partial charge in [-0.05, 0) is 72.4 Å². The molecule has 0 amide bonds. The summed E-state index contributed by atoms with van der Waals surface area (Å²) in [5, 5.41) is 0. The Balaban J connectivity index is -0.000000272. The molecule has 6 nitrogen and oxygen atoms in total. The van der Waals surface area contributed by atoms with Crippen LogP contribution in [0.4, 0.5) is 0 Å². The molecule has 2 N–H and O–H groups in total. The van der Waals surface area contributed by atoms with Crippen LogP contribution in [0.1, 0.15) is 142 Å². The third-order valence-corrected chi connectivity index (χ3v) is 8.05. The molecular weight excluding hydrogens is 544 g/mol. The molecule has 0 saturated heterocycles. The van der Waals surface area contributed by atoms with Gasteiger partial charge < -0.3 is 0 Å². The molecule has 0 spiro atoms. The van der Waals surface area contributed by atoms with E-state index in [1.54, 1.807) is 24.3 Å². The fraction of sp³-hybridized carbons (Fsp3) is 0.625. The lowest BCUT2D eigenvalue weighted by atomic mass is 9.84. The van der Waals surface area contributed by atoms with Gasteiger partial charge in [-0.3, -0.25) is 9.11 Å². The van der Waals surface area contributed by atoms with Crippen LogP contribution in [0.2, 0.25) is 0 Å². The molecule has 0 bridgehead atoms. The summed E-state index contributed by atoms with van der Waals surface area (Å²) in [6, 6.07) is 12.9.